The number of hydroxylamine groups is 1. The zero-order valence-corrected chi connectivity index (χ0v) is 7.76. The number of nitrogens with one attached hydrogen (secondary N) is 1. The van der Waals surface area contributed by atoms with Crippen molar-refractivity contribution in [2.45, 2.75) is 32.9 Å². The van der Waals surface area contributed by atoms with Gasteiger partial charge in [0.05, 0.1) is 18.4 Å². The summed E-state index contributed by atoms with van der Waals surface area (Å²) in [5.74, 6) is 0.874. The predicted octanol–water partition coefficient (Wildman–Crippen LogP) is 2.10. The van der Waals surface area contributed by atoms with Gasteiger partial charge in [-0.2, -0.15) is 5.48 Å². The molecule has 1 N–H and O–H groups in total. The first-order valence-electron chi connectivity index (χ1n) is 4.01. The molecule has 0 saturated carbocycles. The predicted molar refractivity (Wildman–Crippen MR) is 46.4 cm³/mol. The summed E-state index contributed by atoms with van der Waals surface area (Å²) in [5, 5.41) is 0. The van der Waals surface area contributed by atoms with Crippen molar-refractivity contribution in [1.29, 1.82) is 0 Å². The third-order valence-electron chi connectivity index (χ3n) is 1.20. The average molecular weight is 169 g/mol. The Kier molecular flexibility index (Phi) is 2.89. The van der Waals surface area contributed by atoms with Crippen molar-refractivity contribution in [2.75, 3.05) is 0 Å². The van der Waals surface area contributed by atoms with Gasteiger partial charge in [0.25, 0.3) is 0 Å². The van der Waals surface area contributed by atoms with Crippen LogP contribution in [0.15, 0.2) is 22.8 Å². The summed E-state index contributed by atoms with van der Waals surface area (Å²) in [5.41, 5.74) is 2.67. The first-order chi connectivity index (χ1) is 5.58. The largest absolute Gasteiger partial charge is 0.468 e. The molecule has 0 bridgehead atoms. The normalized spacial score (nSPS) is 11.9. The summed E-state index contributed by atoms with van der Waals surface area (Å²) in [4.78, 5) is 5.29. The summed E-state index contributed by atoms with van der Waals surface area (Å²) < 4.78 is 5.11. The Balaban J connectivity index is 2.20. The minimum Gasteiger partial charge on any atom is -0.468 e. The first kappa shape index (κ1) is 9.29. The number of rotatable bonds is 3. The monoisotopic (exact) mass is 169 g/mol. The highest BCUT2D eigenvalue weighted by Gasteiger charge is 2.09. The van der Waals surface area contributed by atoms with Crippen LogP contribution in [0.25, 0.3) is 0 Å². The molecular formula is C9H15NO2. The quantitative estimate of drug-likeness (QED) is 0.703. The maximum absolute atomic E-state index is 5.29. The van der Waals surface area contributed by atoms with Crippen molar-refractivity contribution >= 4 is 0 Å². The molecule has 1 rings (SSSR count). The molecule has 0 aromatic carbocycles. The lowest BCUT2D eigenvalue weighted by molar-refractivity contribution is -0.0775. The maximum Gasteiger partial charge on any atom is 0.119 e. The van der Waals surface area contributed by atoms with Gasteiger partial charge < -0.3 is 4.42 Å². The van der Waals surface area contributed by atoms with E-state index in [4.69, 9.17) is 9.25 Å². The summed E-state index contributed by atoms with van der Waals surface area (Å²) in [6, 6.07) is 3.76. The van der Waals surface area contributed by atoms with Crippen LogP contribution in [0.2, 0.25) is 0 Å². The van der Waals surface area contributed by atoms with Gasteiger partial charge >= 0.3 is 0 Å². The molecule has 0 aliphatic heterocycles. The second-order valence-corrected chi connectivity index (χ2v) is 3.61. The van der Waals surface area contributed by atoms with Crippen molar-refractivity contribution in [1.82, 2.24) is 5.48 Å². The van der Waals surface area contributed by atoms with E-state index in [1.165, 1.54) is 0 Å². The highest BCUT2D eigenvalue weighted by Crippen LogP contribution is 2.05. The highest BCUT2D eigenvalue weighted by atomic mass is 16.7. The fourth-order valence-corrected chi connectivity index (χ4v) is 0.737. The molecular weight excluding hydrogens is 154 g/mol. The summed E-state index contributed by atoms with van der Waals surface area (Å²) in [6.45, 7) is 6.57. The lowest BCUT2D eigenvalue weighted by Gasteiger charge is -2.18. The van der Waals surface area contributed by atoms with E-state index < -0.39 is 0 Å². The third-order valence-corrected chi connectivity index (χ3v) is 1.20. The van der Waals surface area contributed by atoms with Crippen molar-refractivity contribution in [3.05, 3.63) is 24.2 Å². The third kappa shape index (κ3) is 3.55. The summed E-state index contributed by atoms with van der Waals surface area (Å²) in [7, 11) is 0. The van der Waals surface area contributed by atoms with Crippen LogP contribution in [-0.4, -0.2) is 5.60 Å². The Bertz CT molecular complexity index is 211. The lowest BCUT2D eigenvalue weighted by atomic mass is 10.2. The molecule has 12 heavy (non-hydrogen) atoms. The second kappa shape index (κ2) is 3.74. The minimum absolute atomic E-state index is 0.160. The van der Waals surface area contributed by atoms with Gasteiger partial charge in [-0.1, -0.05) is 0 Å². The van der Waals surface area contributed by atoms with E-state index in [9.17, 15) is 0 Å². The Morgan fingerprint density at radius 1 is 1.50 bits per heavy atom. The van der Waals surface area contributed by atoms with E-state index >= 15 is 0 Å². The van der Waals surface area contributed by atoms with Crippen molar-refractivity contribution in [3.8, 4) is 0 Å². The molecule has 3 nitrogen and oxygen atoms in total. The van der Waals surface area contributed by atoms with Crippen molar-refractivity contribution < 1.29 is 9.25 Å². The fraction of sp³-hybridized carbons (Fsp3) is 0.556. The molecule has 0 saturated heterocycles. The molecule has 0 radical (unpaired) electrons. The molecule has 0 fully saturated rings. The Hall–Kier alpha value is -0.800. The maximum atomic E-state index is 5.29. The molecule has 0 aliphatic carbocycles. The molecule has 0 amide bonds. The molecule has 0 unspecified atom stereocenters. The van der Waals surface area contributed by atoms with Gasteiger partial charge in [-0.15, -0.1) is 0 Å². The van der Waals surface area contributed by atoms with Gasteiger partial charge in [0.15, 0.2) is 0 Å². The van der Waals surface area contributed by atoms with Gasteiger partial charge in [-0.3, -0.25) is 4.84 Å². The van der Waals surface area contributed by atoms with Crippen LogP contribution in [0, 0.1) is 0 Å². The van der Waals surface area contributed by atoms with Crippen LogP contribution in [-0.2, 0) is 11.4 Å². The fourth-order valence-electron chi connectivity index (χ4n) is 0.737. The smallest absolute Gasteiger partial charge is 0.119 e. The molecule has 68 valence electrons. The van der Waals surface area contributed by atoms with Crippen LogP contribution in [0.1, 0.15) is 26.5 Å². The van der Waals surface area contributed by atoms with Gasteiger partial charge in [0.2, 0.25) is 0 Å². The molecule has 1 heterocycles. The zero-order chi connectivity index (χ0) is 9.03. The van der Waals surface area contributed by atoms with Crippen LogP contribution in [0.4, 0.5) is 0 Å². The van der Waals surface area contributed by atoms with Gasteiger partial charge in [-0.25, -0.2) is 0 Å². The number of hydrogen-bond donors (Lipinski definition) is 1. The topological polar surface area (TPSA) is 34.4 Å². The Morgan fingerprint density at radius 2 is 2.25 bits per heavy atom. The van der Waals surface area contributed by atoms with Crippen molar-refractivity contribution in [3.63, 3.8) is 0 Å². The lowest BCUT2D eigenvalue weighted by Crippen LogP contribution is -2.28. The van der Waals surface area contributed by atoms with Gasteiger partial charge in [0, 0.05) is 0 Å². The summed E-state index contributed by atoms with van der Waals surface area (Å²) in [6.07, 6.45) is 1.65. The van der Waals surface area contributed by atoms with Crippen LogP contribution in [0.5, 0.6) is 0 Å². The molecule has 0 aliphatic rings. The average Bonchev–Trinajstić information content (AvgIpc) is 2.36. The zero-order valence-electron chi connectivity index (χ0n) is 7.76. The van der Waals surface area contributed by atoms with Crippen LogP contribution >= 0.6 is 0 Å². The van der Waals surface area contributed by atoms with E-state index in [1.807, 2.05) is 32.9 Å². The molecule has 1 aromatic rings. The molecule has 0 atom stereocenters. The Labute approximate surface area is 72.7 Å². The van der Waals surface area contributed by atoms with Gasteiger partial charge in [-0.05, 0) is 32.9 Å². The first-order valence-corrected chi connectivity index (χ1v) is 4.01. The number of hydrogen-bond acceptors (Lipinski definition) is 3. The SMILES string of the molecule is CC(C)(C)ONCc1ccco1. The summed E-state index contributed by atoms with van der Waals surface area (Å²) >= 11 is 0. The second-order valence-electron chi connectivity index (χ2n) is 3.61. The van der Waals surface area contributed by atoms with E-state index in [2.05, 4.69) is 5.48 Å². The standard InChI is InChI=1S/C9H15NO2/c1-9(2,3)12-10-7-8-5-4-6-11-8/h4-6,10H,7H2,1-3H3. The van der Waals surface area contributed by atoms with E-state index in [0.29, 0.717) is 6.54 Å². The molecule has 1 aromatic heterocycles. The minimum atomic E-state index is -0.160. The van der Waals surface area contributed by atoms with Crippen LogP contribution in [0.3, 0.4) is 0 Å². The van der Waals surface area contributed by atoms with Crippen LogP contribution < -0.4 is 5.48 Å². The molecule has 0 spiro atoms. The van der Waals surface area contributed by atoms with Crippen molar-refractivity contribution in [2.24, 2.45) is 0 Å². The van der Waals surface area contributed by atoms with E-state index in [-0.39, 0.29) is 5.60 Å². The van der Waals surface area contributed by atoms with E-state index in [0.717, 1.165) is 5.76 Å². The van der Waals surface area contributed by atoms with E-state index in [1.54, 1.807) is 6.26 Å². The number of furan rings is 1. The highest BCUT2D eigenvalue weighted by molar-refractivity contribution is 4.96. The van der Waals surface area contributed by atoms with Gasteiger partial charge in [0.1, 0.15) is 5.76 Å². The molecule has 3 heteroatoms. The Morgan fingerprint density at radius 3 is 2.75 bits per heavy atom.